The lowest BCUT2D eigenvalue weighted by Crippen LogP contribution is -2.61. The Labute approximate surface area is 159 Å². The number of anilines is 2. The zero-order chi connectivity index (χ0) is 19.0. The van der Waals surface area contributed by atoms with Crippen molar-refractivity contribution in [1.29, 1.82) is 0 Å². The Kier molecular flexibility index (Phi) is 4.92. The van der Waals surface area contributed by atoms with E-state index in [0.29, 0.717) is 18.3 Å². The predicted molar refractivity (Wildman–Crippen MR) is 102 cm³/mol. The lowest BCUT2D eigenvalue weighted by Gasteiger charge is -2.49. The van der Waals surface area contributed by atoms with E-state index in [0.717, 1.165) is 51.5 Å². The minimum Gasteiger partial charge on any atom is -0.371 e. The van der Waals surface area contributed by atoms with Crippen LogP contribution in [-0.2, 0) is 4.79 Å². The van der Waals surface area contributed by atoms with Crippen LogP contribution in [0.25, 0.3) is 0 Å². The van der Waals surface area contributed by atoms with Crippen molar-refractivity contribution in [3.8, 4) is 0 Å². The molecule has 0 aromatic carbocycles. The molecule has 1 amide bonds. The third-order valence-electron chi connectivity index (χ3n) is 6.43. The number of aromatic nitrogens is 2. The van der Waals surface area contributed by atoms with Gasteiger partial charge in [0, 0.05) is 51.7 Å². The van der Waals surface area contributed by atoms with Crippen LogP contribution in [0.5, 0.6) is 0 Å². The summed E-state index contributed by atoms with van der Waals surface area (Å²) in [5.74, 6) is 1.34. The van der Waals surface area contributed by atoms with E-state index in [9.17, 15) is 9.18 Å². The van der Waals surface area contributed by atoms with E-state index in [1.54, 1.807) is 7.05 Å². The molecular formula is C19H29FN6O. The highest BCUT2D eigenvalue weighted by Crippen LogP contribution is 2.35. The van der Waals surface area contributed by atoms with Crippen LogP contribution in [0.15, 0.2) is 6.20 Å². The van der Waals surface area contributed by atoms with Gasteiger partial charge in [0.2, 0.25) is 11.9 Å². The van der Waals surface area contributed by atoms with Crippen molar-refractivity contribution >= 4 is 17.7 Å². The Hall–Kier alpha value is -1.96. The molecule has 0 radical (unpaired) electrons. The molecule has 3 fully saturated rings. The summed E-state index contributed by atoms with van der Waals surface area (Å²) >= 11 is 0. The number of likely N-dealkylation sites (N-methyl/N-ethyl adjacent to an activating group) is 1. The number of hydrogen-bond acceptors (Lipinski definition) is 6. The molecule has 8 heteroatoms. The zero-order valence-corrected chi connectivity index (χ0v) is 16.2. The molecule has 1 spiro atoms. The molecule has 1 aromatic rings. The van der Waals surface area contributed by atoms with E-state index < -0.39 is 5.82 Å². The molecule has 4 rings (SSSR count). The van der Waals surface area contributed by atoms with Gasteiger partial charge in [-0.25, -0.2) is 9.37 Å². The minimum atomic E-state index is -0.444. The summed E-state index contributed by atoms with van der Waals surface area (Å²) in [6.07, 6.45) is 6.15. The summed E-state index contributed by atoms with van der Waals surface area (Å²) in [6, 6.07) is 0. The van der Waals surface area contributed by atoms with Crippen molar-refractivity contribution in [3.05, 3.63) is 12.0 Å². The second-order valence-corrected chi connectivity index (χ2v) is 8.22. The maximum Gasteiger partial charge on any atom is 0.227 e. The SMILES string of the molecule is CNc1nc(N2CCN(C)[C@]3(CCC(=O)N(CC4CC4)CC3)C2)ncc1F. The van der Waals surface area contributed by atoms with E-state index in [1.807, 2.05) is 0 Å². The highest BCUT2D eigenvalue weighted by molar-refractivity contribution is 5.76. The van der Waals surface area contributed by atoms with Gasteiger partial charge in [0.05, 0.1) is 6.20 Å². The number of rotatable bonds is 4. The van der Waals surface area contributed by atoms with E-state index in [1.165, 1.54) is 19.0 Å². The fraction of sp³-hybridized carbons (Fsp3) is 0.737. The van der Waals surface area contributed by atoms with Crippen LogP contribution in [0, 0.1) is 11.7 Å². The molecule has 3 aliphatic rings. The molecule has 2 aliphatic heterocycles. The molecule has 1 N–H and O–H groups in total. The third-order valence-corrected chi connectivity index (χ3v) is 6.43. The van der Waals surface area contributed by atoms with Gasteiger partial charge in [-0.15, -0.1) is 0 Å². The van der Waals surface area contributed by atoms with Gasteiger partial charge in [-0.3, -0.25) is 9.69 Å². The molecule has 0 unspecified atom stereocenters. The molecule has 148 valence electrons. The summed E-state index contributed by atoms with van der Waals surface area (Å²) < 4.78 is 13.7. The predicted octanol–water partition coefficient (Wildman–Crippen LogP) is 1.57. The monoisotopic (exact) mass is 376 g/mol. The van der Waals surface area contributed by atoms with E-state index >= 15 is 0 Å². The summed E-state index contributed by atoms with van der Waals surface area (Å²) in [6.45, 7) is 4.19. The molecule has 3 heterocycles. The number of halogens is 1. The van der Waals surface area contributed by atoms with Crippen LogP contribution in [0.1, 0.15) is 32.1 Å². The Morgan fingerprint density at radius 2 is 2.11 bits per heavy atom. The first-order valence-corrected chi connectivity index (χ1v) is 9.95. The van der Waals surface area contributed by atoms with Gasteiger partial charge in [0.25, 0.3) is 0 Å². The highest BCUT2D eigenvalue weighted by atomic mass is 19.1. The molecule has 1 atom stereocenters. The molecule has 7 nitrogen and oxygen atoms in total. The number of hydrogen-bond donors (Lipinski definition) is 1. The first-order valence-electron chi connectivity index (χ1n) is 9.95. The van der Waals surface area contributed by atoms with Crippen LogP contribution in [0.2, 0.25) is 0 Å². The van der Waals surface area contributed by atoms with E-state index in [4.69, 9.17) is 0 Å². The van der Waals surface area contributed by atoms with Gasteiger partial charge in [-0.1, -0.05) is 0 Å². The first-order chi connectivity index (χ1) is 13.0. The summed E-state index contributed by atoms with van der Waals surface area (Å²) in [5.41, 5.74) is -0.0657. The standard InChI is InChI=1S/C19H29FN6O/c1-21-17-15(20)11-22-18(23-17)26-10-9-24(2)19(13-26)6-5-16(27)25(8-7-19)12-14-3-4-14/h11,14H,3-10,12-13H2,1-2H3,(H,21,22,23)/t19-/m0/s1. The molecule has 1 aliphatic carbocycles. The molecule has 1 saturated carbocycles. The fourth-order valence-electron chi connectivity index (χ4n) is 4.35. The van der Waals surface area contributed by atoms with Gasteiger partial charge in [-0.05, 0) is 38.6 Å². The average molecular weight is 376 g/mol. The average Bonchev–Trinajstić information content (AvgIpc) is 3.50. The molecule has 0 bridgehead atoms. The maximum absolute atomic E-state index is 13.7. The maximum atomic E-state index is 13.7. The Balaban J connectivity index is 1.52. The van der Waals surface area contributed by atoms with Gasteiger partial charge in [0.15, 0.2) is 11.6 Å². The Morgan fingerprint density at radius 1 is 1.30 bits per heavy atom. The van der Waals surface area contributed by atoms with Crippen molar-refractivity contribution < 1.29 is 9.18 Å². The number of likely N-dealkylation sites (tertiary alicyclic amines) is 1. The van der Waals surface area contributed by atoms with Crippen LogP contribution >= 0.6 is 0 Å². The molecule has 27 heavy (non-hydrogen) atoms. The minimum absolute atomic E-state index is 0.0657. The van der Waals surface area contributed by atoms with Crippen molar-refractivity contribution in [1.82, 2.24) is 19.8 Å². The smallest absolute Gasteiger partial charge is 0.227 e. The highest BCUT2D eigenvalue weighted by Gasteiger charge is 2.43. The van der Waals surface area contributed by atoms with Gasteiger partial charge in [0.1, 0.15) is 0 Å². The van der Waals surface area contributed by atoms with Gasteiger partial charge in [-0.2, -0.15) is 4.98 Å². The normalized spacial score (nSPS) is 27.1. The van der Waals surface area contributed by atoms with Crippen molar-refractivity contribution in [3.63, 3.8) is 0 Å². The number of piperazine rings is 1. The van der Waals surface area contributed by atoms with Crippen LogP contribution < -0.4 is 10.2 Å². The second kappa shape index (κ2) is 7.22. The Bertz CT molecular complexity index is 711. The van der Waals surface area contributed by atoms with Crippen molar-refractivity contribution in [2.24, 2.45) is 5.92 Å². The fourth-order valence-corrected chi connectivity index (χ4v) is 4.35. The number of nitrogens with zero attached hydrogens (tertiary/aromatic N) is 5. The Morgan fingerprint density at radius 3 is 2.85 bits per heavy atom. The number of nitrogens with one attached hydrogen (secondary N) is 1. The second-order valence-electron chi connectivity index (χ2n) is 8.22. The van der Waals surface area contributed by atoms with Crippen LogP contribution in [0.4, 0.5) is 16.2 Å². The number of carbonyl (C=O) groups excluding carboxylic acids is 1. The third kappa shape index (κ3) is 3.72. The van der Waals surface area contributed by atoms with E-state index in [2.05, 4.69) is 37.0 Å². The summed E-state index contributed by atoms with van der Waals surface area (Å²) in [5, 5.41) is 2.79. The largest absolute Gasteiger partial charge is 0.371 e. The summed E-state index contributed by atoms with van der Waals surface area (Å²) in [4.78, 5) is 27.8. The zero-order valence-electron chi connectivity index (χ0n) is 16.2. The molecule has 1 aromatic heterocycles. The lowest BCUT2D eigenvalue weighted by molar-refractivity contribution is -0.130. The van der Waals surface area contributed by atoms with Crippen LogP contribution in [0.3, 0.4) is 0 Å². The van der Waals surface area contributed by atoms with Gasteiger partial charge >= 0.3 is 0 Å². The lowest BCUT2D eigenvalue weighted by atomic mass is 9.86. The van der Waals surface area contributed by atoms with Gasteiger partial charge < -0.3 is 15.1 Å². The quantitative estimate of drug-likeness (QED) is 0.861. The molecule has 2 saturated heterocycles. The van der Waals surface area contributed by atoms with Crippen molar-refractivity contribution in [2.45, 2.75) is 37.6 Å². The van der Waals surface area contributed by atoms with Crippen molar-refractivity contribution in [2.75, 3.05) is 57.0 Å². The number of amides is 1. The topological polar surface area (TPSA) is 64.6 Å². The number of carbonyl (C=O) groups is 1. The first kappa shape index (κ1) is 18.4. The molecular weight excluding hydrogens is 347 g/mol. The van der Waals surface area contributed by atoms with E-state index in [-0.39, 0.29) is 11.4 Å². The van der Waals surface area contributed by atoms with Crippen LogP contribution in [-0.4, -0.2) is 78.0 Å². The summed E-state index contributed by atoms with van der Waals surface area (Å²) in [7, 11) is 3.81.